The average Bonchev–Trinajstić information content (AvgIpc) is 2.84. The van der Waals surface area contributed by atoms with E-state index in [1.54, 1.807) is 24.3 Å². The molecule has 0 spiro atoms. The van der Waals surface area contributed by atoms with Crippen LogP contribution in [-0.2, 0) is 14.8 Å². The van der Waals surface area contributed by atoms with E-state index in [4.69, 9.17) is 16.3 Å². The second-order valence-corrected chi connectivity index (χ2v) is 11.8. The molecule has 0 bridgehead atoms. The van der Waals surface area contributed by atoms with Crippen LogP contribution >= 0.6 is 11.6 Å². The molecular weight excluding hydrogens is 493 g/mol. The second-order valence-electron chi connectivity index (χ2n) is 9.46. The van der Waals surface area contributed by atoms with E-state index in [0.717, 1.165) is 13.1 Å². The van der Waals surface area contributed by atoms with Gasteiger partial charge in [0.1, 0.15) is 11.6 Å². The summed E-state index contributed by atoms with van der Waals surface area (Å²) in [5.41, 5.74) is -0.519. The fourth-order valence-electron chi connectivity index (χ4n) is 4.61. The van der Waals surface area contributed by atoms with Gasteiger partial charge in [0.05, 0.1) is 11.5 Å². The summed E-state index contributed by atoms with van der Waals surface area (Å²) in [4.78, 5) is 17.5. The van der Waals surface area contributed by atoms with Gasteiger partial charge in [-0.15, -0.1) is 0 Å². The molecular formula is C25H31ClFN3O4S. The Hall–Kier alpha value is -2.20. The van der Waals surface area contributed by atoms with Crippen molar-refractivity contribution in [1.29, 1.82) is 0 Å². The van der Waals surface area contributed by atoms with Crippen LogP contribution in [0.3, 0.4) is 0 Å². The molecule has 0 atom stereocenters. The van der Waals surface area contributed by atoms with E-state index in [2.05, 4.69) is 4.90 Å². The molecule has 190 valence electrons. The van der Waals surface area contributed by atoms with E-state index in [0.29, 0.717) is 36.7 Å². The minimum absolute atomic E-state index is 0.0620. The third kappa shape index (κ3) is 6.33. The van der Waals surface area contributed by atoms with Crippen molar-refractivity contribution in [3.05, 3.63) is 59.4 Å². The Labute approximate surface area is 211 Å². The van der Waals surface area contributed by atoms with Crippen LogP contribution in [0.5, 0.6) is 5.75 Å². The number of sulfonamides is 1. The minimum atomic E-state index is -3.70. The zero-order chi connectivity index (χ0) is 25.1. The average molecular weight is 524 g/mol. The van der Waals surface area contributed by atoms with Crippen molar-refractivity contribution in [3.63, 3.8) is 0 Å². The number of likely N-dealkylation sites (N-methyl/N-ethyl adjacent to an activating group) is 1. The highest BCUT2D eigenvalue weighted by Gasteiger charge is 2.41. The maximum atomic E-state index is 13.3. The number of nitrogens with zero attached hydrogens (tertiary/aromatic N) is 3. The number of piperidine rings is 1. The van der Waals surface area contributed by atoms with Crippen LogP contribution in [0.1, 0.15) is 19.3 Å². The molecule has 0 N–H and O–H groups in total. The van der Waals surface area contributed by atoms with Gasteiger partial charge in [-0.1, -0.05) is 17.7 Å². The fraction of sp³-hybridized carbons (Fsp3) is 0.480. The Morgan fingerprint density at radius 3 is 2.31 bits per heavy atom. The number of piperazine rings is 1. The molecule has 2 heterocycles. The van der Waals surface area contributed by atoms with Gasteiger partial charge in [-0.25, -0.2) is 12.8 Å². The van der Waals surface area contributed by atoms with Crippen LogP contribution in [0, 0.1) is 11.2 Å². The lowest BCUT2D eigenvalue weighted by atomic mass is 9.76. The highest BCUT2D eigenvalue weighted by molar-refractivity contribution is 7.89. The molecule has 2 fully saturated rings. The van der Waals surface area contributed by atoms with Gasteiger partial charge in [0.15, 0.2) is 0 Å². The van der Waals surface area contributed by atoms with Crippen molar-refractivity contribution in [1.82, 2.24) is 14.1 Å². The highest BCUT2D eigenvalue weighted by atomic mass is 35.5. The SMILES string of the molecule is CN1CCN(C(=O)CC2(COc3ccc(F)cc3)CCN(S(=O)(=O)c3cccc(Cl)c3)CC2)CC1. The van der Waals surface area contributed by atoms with E-state index in [1.165, 1.54) is 28.6 Å². The molecule has 2 aliphatic rings. The van der Waals surface area contributed by atoms with Gasteiger partial charge in [0, 0.05) is 56.1 Å². The van der Waals surface area contributed by atoms with Crippen LogP contribution in [0.25, 0.3) is 0 Å². The smallest absolute Gasteiger partial charge is 0.243 e. The molecule has 4 rings (SSSR count). The first-order valence-electron chi connectivity index (χ1n) is 11.8. The Bertz CT molecular complexity index is 1130. The first-order chi connectivity index (χ1) is 16.7. The van der Waals surface area contributed by atoms with E-state index in [-0.39, 0.29) is 42.7 Å². The molecule has 10 heteroatoms. The predicted octanol–water partition coefficient (Wildman–Crippen LogP) is 3.49. The van der Waals surface area contributed by atoms with E-state index in [9.17, 15) is 17.6 Å². The predicted molar refractivity (Wildman–Crippen MR) is 132 cm³/mol. The molecule has 35 heavy (non-hydrogen) atoms. The summed E-state index contributed by atoms with van der Waals surface area (Å²) < 4.78 is 47.1. The Balaban J connectivity index is 1.48. The van der Waals surface area contributed by atoms with E-state index in [1.807, 2.05) is 11.9 Å². The maximum absolute atomic E-state index is 13.3. The van der Waals surface area contributed by atoms with E-state index < -0.39 is 15.4 Å². The standard InChI is InChI=1S/C25H31ClFN3O4S/c1-28-13-15-29(16-14-28)24(31)18-25(19-34-22-7-5-21(27)6-8-22)9-11-30(12-10-25)35(32,33)23-4-2-3-20(26)17-23/h2-8,17H,9-16,18-19H2,1H3. The number of amides is 1. The molecule has 0 aromatic heterocycles. The van der Waals surface area contributed by atoms with Gasteiger partial charge in [0.25, 0.3) is 0 Å². The number of hydrogen-bond acceptors (Lipinski definition) is 5. The summed E-state index contributed by atoms with van der Waals surface area (Å²) in [5, 5.41) is 0.364. The lowest BCUT2D eigenvalue weighted by molar-refractivity contribution is -0.136. The molecule has 0 radical (unpaired) electrons. The zero-order valence-electron chi connectivity index (χ0n) is 19.8. The van der Waals surface area contributed by atoms with Crippen LogP contribution in [-0.4, -0.2) is 81.4 Å². The Morgan fingerprint density at radius 2 is 1.69 bits per heavy atom. The summed E-state index contributed by atoms with van der Waals surface area (Å²) in [6.07, 6.45) is 1.24. The largest absolute Gasteiger partial charge is 0.493 e. The summed E-state index contributed by atoms with van der Waals surface area (Å²) in [5.74, 6) is 0.232. The number of carbonyl (C=O) groups is 1. The molecule has 2 aromatic rings. The van der Waals surface area contributed by atoms with Crippen molar-refractivity contribution >= 4 is 27.5 Å². The van der Waals surface area contributed by atoms with Gasteiger partial charge < -0.3 is 14.5 Å². The Kier molecular flexibility index (Phi) is 8.00. The first kappa shape index (κ1) is 25.9. The van der Waals surface area contributed by atoms with E-state index >= 15 is 0 Å². The summed E-state index contributed by atoms with van der Waals surface area (Å²) in [6, 6.07) is 12.0. The molecule has 0 saturated carbocycles. The number of benzene rings is 2. The fourth-order valence-corrected chi connectivity index (χ4v) is 6.35. The normalized spacial score (nSPS) is 19.5. The van der Waals surface area contributed by atoms with Crippen LogP contribution in [0.4, 0.5) is 4.39 Å². The number of halogens is 2. The number of carbonyl (C=O) groups excluding carboxylic acids is 1. The van der Waals surface area contributed by atoms with Crippen molar-refractivity contribution in [2.24, 2.45) is 5.41 Å². The van der Waals surface area contributed by atoms with Gasteiger partial charge in [-0.2, -0.15) is 4.31 Å². The van der Waals surface area contributed by atoms with Crippen molar-refractivity contribution < 1.29 is 22.3 Å². The van der Waals surface area contributed by atoms with Crippen molar-refractivity contribution in [2.75, 3.05) is 52.9 Å². The van der Waals surface area contributed by atoms with Gasteiger partial charge in [0.2, 0.25) is 15.9 Å². The summed E-state index contributed by atoms with van der Waals surface area (Å²) >= 11 is 6.02. The molecule has 1 amide bonds. The van der Waals surface area contributed by atoms with Gasteiger partial charge >= 0.3 is 0 Å². The third-order valence-corrected chi connectivity index (χ3v) is 9.09. The molecule has 0 unspecified atom stereocenters. The Morgan fingerprint density at radius 1 is 1.03 bits per heavy atom. The third-order valence-electron chi connectivity index (χ3n) is 6.96. The van der Waals surface area contributed by atoms with Crippen LogP contribution in [0.15, 0.2) is 53.4 Å². The number of ether oxygens (including phenoxy) is 1. The molecule has 2 saturated heterocycles. The summed E-state index contributed by atoms with van der Waals surface area (Å²) in [6.45, 7) is 3.82. The maximum Gasteiger partial charge on any atom is 0.243 e. The molecule has 7 nitrogen and oxygen atoms in total. The van der Waals surface area contributed by atoms with Crippen LogP contribution < -0.4 is 4.74 Å². The topological polar surface area (TPSA) is 70.2 Å². The van der Waals surface area contributed by atoms with Crippen molar-refractivity contribution in [3.8, 4) is 5.75 Å². The molecule has 2 aliphatic heterocycles. The summed E-state index contributed by atoms with van der Waals surface area (Å²) in [7, 11) is -1.66. The molecule has 0 aliphatic carbocycles. The first-order valence-corrected chi connectivity index (χ1v) is 13.6. The van der Waals surface area contributed by atoms with Crippen molar-refractivity contribution in [2.45, 2.75) is 24.2 Å². The number of rotatable bonds is 7. The monoisotopic (exact) mass is 523 g/mol. The van der Waals surface area contributed by atoms with Crippen LogP contribution in [0.2, 0.25) is 5.02 Å². The van der Waals surface area contributed by atoms with Gasteiger partial charge in [-0.3, -0.25) is 4.79 Å². The minimum Gasteiger partial charge on any atom is -0.493 e. The number of hydrogen-bond donors (Lipinski definition) is 0. The zero-order valence-corrected chi connectivity index (χ0v) is 21.4. The van der Waals surface area contributed by atoms with Gasteiger partial charge in [-0.05, 0) is 62.4 Å². The second kappa shape index (κ2) is 10.8. The lowest BCUT2D eigenvalue weighted by Gasteiger charge is -2.42. The highest BCUT2D eigenvalue weighted by Crippen LogP contribution is 2.38. The lowest BCUT2D eigenvalue weighted by Crippen LogP contribution is -2.51. The molecule has 2 aromatic carbocycles. The quantitative estimate of drug-likeness (QED) is 0.555.